The highest BCUT2D eigenvalue weighted by atomic mass is 32.2. The van der Waals surface area contributed by atoms with Crippen LogP contribution in [-0.2, 0) is 26.2 Å². The number of carbonyl (C=O) groups is 2. The lowest BCUT2D eigenvalue weighted by molar-refractivity contribution is -0.139. The summed E-state index contributed by atoms with van der Waals surface area (Å²) in [5.74, 6) is -1.44. The standard InChI is InChI=1S/C29H34FN3O4S/c1-21(29(35)31-24-14-4-3-5-15-24)32(19-23-12-7-9-17-26(23)30)28(34)20-33(38(2,36)37)27-18-10-13-22-11-6-8-16-25(22)27/h6-13,16-18,21,24H,3-5,14-15,19-20H2,1-2H3,(H,31,35)/t21-/m1/s1. The molecule has 38 heavy (non-hydrogen) atoms. The molecule has 0 aromatic heterocycles. The SMILES string of the molecule is C[C@H](C(=O)NC1CCCCC1)N(Cc1ccccc1F)C(=O)CN(c1cccc2ccccc12)S(C)(=O)=O. The van der Waals surface area contributed by atoms with E-state index in [0.29, 0.717) is 11.1 Å². The minimum Gasteiger partial charge on any atom is -0.352 e. The summed E-state index contributed by atoms with van der Waals surface area (Å²) >= 11 is 0. The second-order valence-electron chi connectivity index (χ2n) is 9.90. The number of nitrogens with one attached hydrogen (secondary N) is 1. The van der Waals surface area contributed by atoms with Gasteiger partial charge in [0.25, 0.3) is 0 Å². The number of fused-ring (bicyclic) bond motifs is 1. The molecule has 0 radical (unpaired) electrons. The molecule has 0 heterocycles. The molecule has 1 aliphatic carbocycles. The van der Waals surface area contributed by atoms with Gasteiger partial charge in [-0.1, -0.05) is 73.9 Å². The third-order valence-electron chi connectivity index (χ3n) is 7.13. The van der Waals surface area contributed by atoms with Crippen LogP contribution in [0.2, 0.25) is 0 Å². The molecule has 0 saturated heterocycles. The number of nitrogens with zero attached hydrogens (tertiary/aromatic N) is 2. The number of hydrogen-bond donors (Lipinski definition) is 1. The summed E-state index contributed by atoms with van der Waals surface area (Å²) < 4.78 is 41.5. The Kier molecular flexibility index (Phi) is 8.66. The molecule has 0 unspecified atom stereocenters. The van der Waals surface area contributed by atoms with Crippen LogP contribution in [-0.4, -0.2) is 50.0 Å². The number of benzene rings is 3. The lowest BCUT2D eigenvalue weighted by Crippen LogP contribution is -2.53. The van der Waals surface area contributed by atoms with Crippen molar-refractivity contribution >= 4 is 38.3 Å². The van der Waals surface area contributed by atoms with Crippen LogP contribution in [0.3, 0.4) is 0 Å². The van der Waals surface area contributed by atoms with Gasteiger partial charge in [-0.05, 0) is 37.3 Å². The maximum absolute atomic E-state index is 14.6. The van der Waals surface area contributed by atoms with E-state index in [-0.39, 0.29) is 24.1 Å². The first-order valence-electron chi connectivity index (χ1n) is 12.9. The van der Waals surface area contributed by atoms with Crippen LogP contribution in [0.1, 0.15) is 44.6 Å². The van der Waals surface area contributed by atoms with Crippen molar-refractivity contribution in [3.8, 4) is 0 Å². The van der Waals surface area contributed by atoms with Gasteiger partial charge in [0.15, 0.2) is 0 Å². The first-order valence-corrected chi connectivity index (χ1v) is 14.8. The third-order valence-corrected chi connectivity index (χ3v) is 8.26. The summed E-state index contributed by atoms with van der Waals surface area (Å²) in [6.45, 7) is 0.903. The van der Waals surface area contributed by atoms with Gasteiger partial charge in [0.1, 0.15) is 18.4 Å². The van der Waals surface area contributed by atoms with Crippen LogP contribution in [0.15, 0.2) is 66.7 Å². The fourth-order valence-electron chi connectivity index (χ4n) is 4.98. The average molecular weight is 540 g/mol. The molecule has 1 atom stereocenters. The Balaban J connectivity index is 1.65. The largest absolute Gasteiger partial charge is 0.352 e. The van der Waals surface area contributed by atoms with E-state index in [1.807, 2.05) is 18.2 Å². The van der Waals surface area contributed by atoms with Gasteiger partial charge < -0.3 is 10.2 Å². The average Bonchev–Trinajstić information content (AvgIpc) is 2.90. The van der Waals surface area contributed by atoms with Crippen molar-refractivity contribution < 1.29 is 22.4 Å². The predicted molar refractivity (Wildman–Crippen MR) is 148 cm³/mol. The second kappa shape index (κ2) is 11.9. The molecule has 1 N–H and O–H groups in total. The van der Waals surface area contributed by atoms with E-state index in [9.17, 15) is 22.4 Å². The monoisotopic (exact) mass is 539 g/mol. The molecular formula is C29H34FN3O4S. The van der Waals surface area contributed by atoms with Crippen LogP contribution in [0.5, 0.6) is 0 Å². The Bertz CT molecular complexity index is 1400. The van der Waals surface area contributed by atoms with Crippen molar-refractivity contribution in [2.24, 2.45) is 0 Å². The summed E-state index contributed by atoms with van der Waals surface area (Å²) in [6, 6.07) is 17.7. The summed E-state index contributed by atoms with van der Waals surface area (Å²) in [4.78, 5) is 28.3. The molecule has 0 bridgehead atoms. The summed E-state index contributed by atoms with van der Waals surface area (Å²) in [5, 5.41) is 4.54. The fourth-order valence-corrected chi connectivity index (χ4v) is 5.84. The highest BCUT2D eigenvalue weighted by Gasteiger charge is 2.32. The number of sulfonamides is 1. The summed E-state index contributed by atoms with van der Waals surface area (Å²) in [5.41, 5.74) is 0.610. The van der Waals surface area contributed by atoms with Crippen LogP contribution in [0, 0.1) is 5.82 Å². The van der Waals surface area contributed by atoms with Gasteiger partial charge >= 0.3 is 0 Å². The van der Waals surface area contributed by atoms with Crippen molar-refractivity contribution in [1.29, 1.82) is 0 Å². The lowest BCUT2D eigenvalue weighted by atomic mass is 9.95. The highest BCUT2D eigenvalue weighted by molar-refractivity contribution is 7.92. The fraction of sp³-hybridized carbons (Fsp3) is 0.379. The van der Waals surface area contributed by atoms with Crippen molar-refractivity contribution in [2.45, 2.75) is 57.7 Å². The smallest absolute Gasteiger partial charge is 0.244 e. The Labute approximate surface area is 223 Å². The number of anilines is 1. The number of rotatable bonds is 9. The topological polar surface area (TPSA) is 86.8 Å². The molecule has 0 aliphatic heterocycles. The van der Waals surface area contributed by atoms with Gasteiger partial charge in [0, 0.05) is 23.5 Å². The molecule has 202 valence electrons. The zero-order chi connectivity index (χ0) is 27.3. The number of halogens is 1. The molecule has 1 saturated carbocycles. The van der Waals surface area contributed by atoms with E-state index in [1.54, 1.807) is 49.4 Å². The Morgan fingerprint density at radius 2 is 1.63 bits per heavy atom. The van der Waals surface area contributed by atoms with Gasteiger partial charge in [-0.2, -0.15) is 0 Å². The van der Waals surface area contributed by atoms with E-state index in [0.717, 1.165) is 48.1 Å². The van der Waals surface area contributed by atoms with Gasteiger partial charge in [0.05, 0.1) is 11.9 Å². The second-order valence-corrected chi connectivity index (χ2v) is 11.8. The van der Waals surface area contributed by atoms with Gasteiger partial charge in [-0.3, -0.25) is 13.9 Å². The number of carbonyl (C=O) groups excluding carboxylic acids is 2. The van der Waals surface area contributed by atoms with E-state index < -0.39 is 34.3 Å². The van der Waals surface area contributed by atoms with Gasteiger partial charge in [-0.25, -0.2) is 12.8 Å². The van der Waals surface area contributed by atoms with Crippen molar-refractivity contribution in [2.75, 3.05) is 17.1 Å². The highest BCUT2D eigenvalue weighted by Crippen LogP contribution is 2.29. The number of hydrogen-bond acceptors (Lipinski definition) is 4. The molecule has 3 aromatic rings. The predicted octanol–water partition coefficient (Wildman–Crippen LogP) is 4.61. The van der Waals surface area contributed by atoms with Crippen LogP contribution >= 0.6 is 0 Å². The van der Waals surface area contributed by atoms with Gasteiger partial charge in [-0.15, -0.1) is 0 Å². The molecule has 4 rings (SSSR count). The minimum absolute atomic E-state index is 0.0346. The van der Waals surface area contributed by atoms with Crippen molar-refractivity contribution in [3.05, 3.63) is 78.1 Å². The quantitative estimate of drug-likeness (QED) is 0.430. The van der Waals surface area contributed by atoms with E-state index in [1.165, 1.54) is 11.0 Å². The zero-order valence-corrected chi connectivity index (χ0v) is 22.6. The van der Waals surface area contributed by atoms with E-state index in [4.69, 9.17) is 0 Å². The van der Waals surface area contributed by atoms with E-state index >= 15 is 0 Å². The first-order chi connectivity index (χ1) is 18.1. The normalized spacial score (nSPS) is 15.1. The summed E-state index contributed by atoms with van der Waals surface area (Å²) in [7, 11) is -3.88. The molecule has 0 spiro atoms. The van der Waals surface area contributed by atoms with Crippen LogP contribution in [0.25, 0.3) is 10.8 Å². The molecule has 1 fully saturated rings. The Morgan fingerprint density at radius 3 is 2.34 bits per heavy atom. The molecule has 7 nitrogen and oxygen atoms in total. The lowest BCUT2D eigenvalue weighted by Gasteiger charge is -2.33. The Hall–Kier alpha value is -3.46. The maximum atomic E-state index is 14.6. The van der Waals surface area contributed by atoms with Crippen LogP contribution in [0.4, 0.5) is 10.1 Å². The molecule has 1 aliphatic rings. The third kappa shape index (κ3) is 6.51. The maximum Gasteiger partial charge on any atom is 0.244 e. The van der Waals surface area contributed by atoms with Crippen LogP contribution < -0.4 is 9.62 Å². The zero-order valence-electron chi connectivity index (χ0n) is 21.8. The summed E-state index contributed by atoms with van der Waals surface area (Å²) in [6.07, 6.45) is 6.00. The minimum atomic E-state index is -3.88. The van der Waals surface area contributed by atoms with Crippen molar-refractivity contribution in [1.82, 2.24) is 10.2 Å². The Morgan fingerprint density at radius 1 is 0.974 bits per heavy atom. The molecule has 9 heteroatoms. The molecular weight excluding hydrogens is 505 g/mol. The first kappa shape index (κ1) is 27.6. The number of amides is 2. The van der Waals surface area contributed by atoms with E-state index in [2.05, 4.69) is 5.32 Å². The molecule has 2 amide bonds. The van der Waals surface area contributed by atoms with Gasteiger partial charge in [0.2, 0.25) is 21.8 Å². The van der Waals surface area contributed by atoms with Crippen molar-refractivity contribution in [3.63, 3.8) is 0 Å². The molecule has 3 aromatic carbocycles.